The van der Waals surface area contributed by atoms with Gasteiger partial charge in [-0.05, 0) is 0 Å². The number of methoxy groups -OCH3 is 2. The zero-order valence-corrected chi connectivity index (χ0v) is 10.4. The van der Waals surface area contributed by atoms with Crippen LogP contribution in [0.3, 0.4) is 0 Å². The molecule has 7 heteroatoms. The van der Waals surface area contributed by atoms with Gasteiger partial charge in [-0.3, -0.25) is 0 Å². The minimum atomic E-state index is -0.945. The molecule has 6 nitrogen and oxygen atoms in total. The molecule has 0 radical (unpaired) electrons. The Morgan fingerprint density at radius 2 is 2.06 bits per heavy atom. The largest absolute Gasteiger partial charge is 0.477 e. The highest BCUT2D eigenvalue weighted by atomic mass is 32.1. The molecule has 1 aliphatic heterocycles. The van der Waals surface area contributed by atoms with Crippen LogP contribution in [0.15, 0.2) is 6.20 Å². The van der Waals surface area contributed by atoms with Gasteiger partial charge in [0.05, 0.1) is 6.20 Å². The fourth-order valence-electron chi connectivity index (χ4n) is 1.86. The van der Waals surface area contributed by atoms with Gasteiger partial charge in [-0.15, -0.1) is 0 Å². The second kappa shape index (κ2) is 4.99. The summed E-state index contributed by atoms with van der Waals surface area (Å²) in [7, 11) is 3.29. The number of aromatic nitrogens is 1. The number of hydrogen-bond acceptors (Lipinski definition) is 6. The van der Waals surface area contributed by atoms with Crippen LogP contribution in [0.5, 0.6) is 0 Å². The molecule has 94 valence electrons. The van der Waals surface area contributed by atoms with Crippen LogP contribution >= 0.6 is 11.3 Å². The minimum absolute atomic E-state index is 0.00261. The molecule has 0 aliphatic carbocycles. The number of aromatic carboxylic acids is 1. The summed E-state index contributed by atoms with van der Waals surface area (Å²) in [5.74, 6) is -0.945. The van der Waals surface area contributed by atoms with E-state index in [-0.39, 0.29) is 17.1 Å². The van der Waals surface area contributed by atoms with Crippen LogP contribution in [0.2, 0.25) is 0 Å². The average Bonchev–Trinajstić information content (AvgIpc) is 2.94. The molecule has 0 aromatic carbocycles. The van der Waals surface area contributed by atoms with E-state index in [1.54, 1.807) is 14.2 Å². The Balaban J connectivity index is 2.10. The summed E-state index contributed by atoms with van der Waals surface area (Å²) < 4.78 is 10.6. The zero-order valence-electron chi connectivity index (χ0n) is 9.62. The lowest BCUT2D eigenvalue weighted by atomic mass is 10.3. The van der Waals surface area contributed by atoms with Crippen LogP contribution in [0.4, 0.5) is 5.13 Å². The number of nitrogens with zero attached hydrogens (tertiary/aromatic N) is 2. The Morgan fingerprint density at radius 3 is 2.47 bits per heavy atom. The molecule has 1 saturated heterocycles. The lowest BCUT2D eigenvalue weighted by molar-refractivity contribution is -0.00461. The Kier molecular flexibility index (Phi) is 3.60. The number of carboxylic acids is 1. The van der Waals surface area contributed by atoms with E-state index in [2.05, 4.69) is 4.98 Å². The number of ether oxygens (including phenoxy) is 2. The summed E-state index contributed by atoms with van der Waals surface area (Å²) in [5.41, 5.74) is 0. The Morgan fingerprint density at radius 1 is 1.47 bits per heavy atom. The summed E-state index contributed by atoms with van der Waals surface area (Å²) in [6, 6.07) is 0. The first kappa shape index (κ1) is 12.3. The molecule has 1 N–H and O–H groups in total. The first-order valence-electron chi connectivity index (χ1n) is 5.15. The molecule has 1 aromatic rings. The predicted molar refractivity (Wildman–Crippen MR) is 62.9 cm³/mol. The molecule has 1 fully saturated rings. The van der Waals surface area contributed by atoms with Crippen LogP contribution in [-0.2, 0) is 9.47 Å². The fourth-order valence-corrected chi connectivity index (χ4v) is 2.64. The van der Waals surface area contributed by atoms with Crippen molar-refractivity contribution in [1.82, 2.24) is 4.98 Å². The summed E-state index contributed by atoms with van der Waals surface area (Å²) in [4.78, 5) is 17.1. The van der Waals surface area contributed by atoms with Crippen molar-refractivity contribution in [1.29, 1.82) is 0 Å². The Labute approximate surface area is 103 Å². The standard InChI is InChI=1S/C10H14N2O4S/c1-15-6-4-12(5-7(6)16-2)10-11-3-8(17-10)9(13)14/h3,6-7H,4-5H2,1-2H3,(H,13,14). The topological polar surface area (TPSA) is 71.9 Å². The SMILES string of the molecule is COC1CN(c2ncc(C(=O)O)s2)CC1OC. The van der Waals surface area contributed by atoms with Crippen LogP contribution in [0, 0.1) is 0 Å². The van der Waals surface area contributed by atoms with Gasteiger partial charge < -0.3 is 19.5 Å². The number of carboxylic acid groups (broad SMARTS) is 1. The van der Waals surface area contributed by atoms with Gasteiger partial charge in [0.25, 0.3) is 0 Å². The maximum absolute atomic E-state index is 10.8. The highest BCUT2D eigenvalue weighted by molar-refractivity contribution is 7.17. The maximum Gasteiger partial charge on any atom is 0.347 e. The van der Waals surface area contributed by atoms with Crippen molar-refractivity contribution in [2.75, 3.05) is 32.2 Å². The quantitative estimate of drug-likeness (QED) is 0.856. The monoisotopic (exact) mass is 258 g/mol. The molecule has 0 amide bonds. The highest BCUT2D eigenvalue weighted by Crippen LogP contribution is 2.27. The van der Waals surface area contributed by atoms with Gasteiger partial charge in [-0.1, -0.05) is 11.3 Å². The number of thiazole rings is 1. The Hall–Kier alpha value is -1.18. The number of carbonyl (C=O) groups is 1. The molecule has 0 bridgehead atoms. The second-order valence-corrected chi connectivity index (χ2v) is 4.77. The van der Waals surface area contributed by atoms with Crippen LogP contribution in [0.25, 0.3) is 0 Å². The predicted octanol–water partition coefficient (Wildman–Crippen LogP) is 0.691. The molecule has 2 atom stereocenters. The van der Waals surface area contributed by atoms with Gasteiger partial charge in [0.1, 0.15) is 17.1 Å². The Bertz CT molecular complexity index is 397. The minimum Gasteiger partial charge on any atom is -0.477 e. The molecule has 2 heterocycles. The van der Waals surface area contributed by atoms with E-state index >= 15 is 0 Å². The van der Waals surface area contributed by atoms with Crippen LogP contribution in [-0.4, -0.2) is 55.6 Å². The average molecular weight is 258 g/mol. The maximum atomic E-state index is 10.8. The van der Waals surface area contributed by atoms with E-state index < -0.39 is 5.97 Å². The summed E-state index contributed by atoms with van der Waals surface area (Å²) in [5, 5.41) is 9.54. The van der Waals surface area contributed by atoms with Crippen molar-refractivity contribution >= 4 is 22.4 Å². The molecule has 17 heavy (non-hydrogen) atoms. The number of anilines is 1. The summed E-state index contributed by atoms with van der Waals surface area (Å²) in [6.07, 6.45) is 1.37. The summed E-state index contributed by atoms with van der Waals surface area (Å²) >= 11 is 1.17. The molecule has 1 aliphatic rings. The third-order valence-corrected chi connectivity index (χ3v) is 3.84. The van der Waals surface area contributed by atoms with Crippen molar-refractivity contribution in [2.24, 2.45) is 0 Å². The van der Waals surface area contributed by atoms with Gasteiger partial charge in [-0.25, -0.2) is 9.78 Å². The molecule has 0 spiro atoms. The van der Waals surface area contributed by atoms with Gasteiger partial charge in [0.15, 0.2) is 5.13 Å². The number of hydrogen-bond donors (Lipinski definition) is 1. The van der Waals surface area contributed by atoms with Crippen molar-refractivity contribution in [3.8, 4) is 0 Å². The van der Waals surface area contributed by atoms with E-state index in [4.69, 9.17) is 14.6 Å². The van der Waals surface area contributed by atoms with E-state index in [0.29, 0.717) is 18.2 Å². The van der Waals surface area contributed by atoms with Gasteiger partial charge in [0.2, 0.25) is 0 Å². The van der Waals surface area contributed by atoms with E-state index in [1.807, 2.05) is 4.90 Å². The van der Waals surface area contributed by atoms with Crippen molar-refractivity contribution in [3.05, 3.63) is 11.1 Å². The van der Waals surface area contributed by atoms with E-state index in [9.17, 15) is 4.79 Å². The van der Waals surface area contributed by atoms with E-state index in [1.165, 1.54) is 17.5 Å². The van der Waals surface area contributed by atoms with Crippen molar-refractivity contribution in [3.63, 3.8) is 0 Å². The van der Waals surface area contributed by atoms with Gasteiger partial charge >= 0.3 is 5.97 Å². The first-order chi connectivity index (χ1) is 8.15. The molecule has 0 saturated carbocycles. The smallest absolute Gasteiger partial charge is 0.347 e. The third-order valence-electron chi connectivity index (χ3n) is 2.80. The van der Waals surface area contributed by atoms with E-state index in [0.717, 1.165) is 0 Å². The normalized spacial score (nSPS) is 24.2. The zero-order chi connectivity index (χ0) is 12.4. The lowest BCUT2D eigenvalue weighted by Gasteiger charge is -2.13. The van der Waals surface area contributed by atoms with Crippen molar-refractivity contribution < 1.29 is 19.4 Å². The first-order valence-corrected chi connectivity index (χ1v) is 5.97. The van der Waals surface area contributed by atoms with Gasteiger partial charge in [-0.2, -0.15) is 0 Å². The van der Waals surface area contributed by atoms with Crippen molar-refractivity contribution in [2.45, 2.75) is 12.2 Å². The molecule has 2 rings (SSSR count). The lowest BCUT2D eigenvalue weighted by Crippen LogP contribution is -2.27. The fraction of sp³-hybridized carbons (Fsp3) is 0.600. The second-order valence-electron chi connectivity index (χ2n) is 3.77. The summed E-state index contributed by atoms with van der Waals surface area (Å²) in [6.45, 7) is 1.34. The number of rotatable bonds is 4. The molecular weight excluding hydrogens is 244 g/mol. The molecule has 1 aromatic heterocycles. The molecular formula is C10H14N2O4S. The van der Waals surface area contributed by atoms with Crippen LogP contribution < -0.4 is 4.90 Å². The third kappa shape index (κ3) is 2.41. The van der Waals surface area contributed by atoms with Crippen LogP contribution in [0.1, 0.15) is 9.67 Å². The molecule has 2 unspecified atom stereocenters. The van der Waals surface area contributed by atoms with Gasteiger partial charge in [0, 0.05) is 27.3 Å². The highest BCUT2D eigenvalue weighted by Gasteiger charge is 2.34.